The van der Waals surface area contributed by atoms with Gasteiger partial charge in [0.05, 0.1) is 5.92 Å². The van der Waals surface area contributed by atoms with Crippen LogP contribution in [-0.2, 0) is 10.5 Å². The van der Waals surface area contributed by atoms with Crippen molar-refractivity contribution < 1.29 is 9.90 Å². The molecule has 0 radical (unpaired) electrons. The Morgan fingerprint density at radius 2 is 1.78 bits per heavy atom. The molecule has 0 spiro atoms. The van der Waals surface area contributed by atoms with Crippen molar-refractivity contribution in [3.05, 3.63) is 71.3 Å². The number of nitrogens with zero attached hydrogens (tertiary/aromatic N) is 1. The highest BCUT2D eigenvalue weighted by Gasteiger charge is 2.24. The van der Waals surface area contributed by atoms with Crippen molar-refractivity contribution in [3.63, 3.8) is 0 Å². The number of hydrogen-bond acceptors (Lipinski definition) is 3. The monoisotopic (exact) mass is 379 g/mol. The van der Waals surface area contributed by atoms with Gasteiger partial charge in [-0.05, 0) is 60.7 Å². The van der Waals surface area contributed by atoms with Crippen LogP contribution >= 0.6 is 11.8 Å². The van der Waals surface area contributed by atoms with Crippen LogP contribution in [0.2, 0.25) is 0 Å². The van der Waals surface area contributed by atoms with E-state index in [9.17, 15) is 4.79 Å². The zero-order valence-electron chi connectivity index (χ0n) is 15.4. The van der Waals surface area contributed by atoms with Crippen molar-refractivity contribution in [1.29, 1.82) is 0 Å². The summed E-state index contributed by atoms with van der Waals surface area (Å²) >= 11 is 1.91. The third kappa shape index (κ3) is 4.12. The summed E-state index contributed by atoms with van der Waals surface area (Å²) in [6.45, 7) is 2.78. The third-order valence-electron chi connectivity index (χ3n) is 5.60. The van der Waals surface area contributed by atoms with E-state index in [2.05, 4.69) is 59.5 Å². The lowest BCUT2D eigenvalue weighted by Gasteiger charge is -2.29. The van der Waals surface area contributed by atoms with Crippen LogP contribution in [0.25, 0.3) is 5.57 Å². The first-order chi connectivity index (χ1) is 13.2. The summed E-state index contributed by atoms with van der Waals surface area (Å²) in [5.41, 5.74) is 5.41. The van der Waals surface area contributed by atoms with Crippen LogP contribution in [0.15, 0.2) is 59.5 Å². The summed E-state index contributed by atoms with van der Waals surface area (Å²) in [5, 5.41) is 9.15. The van der Waals surface area contributed by atoms with E-state index in [1.54, 1.807) is 0 Å². The Morgan fingerprint density at radius 1 is 1.07 bits per heavy atom. The van der Waals surface area contributed by atoms with Crippen LogP contribution in [0.1, 0.15) is 36.0 Å². The van der Waals surface area contributed by atoms with Gasteiger partial charge in [0.1, 0.15) is 0 Å². The van der Waals surface area contributed by atoms with Crippen molar-refractivity contribution in [2.24, 2.45) is 5.92 Å². The topological polar surface area (TPSA) is 40.5 Å². The van der Waals surface area contributed by atoms with Crippen molar-refractivity contribution in [2.45, 2.75) is 29.9 Å². The number of benzene rings is 2. The van der Waals surface area contributed by atoms with E-state index in [1.165, 1.54) is 27.2 Å². The zero-order chi connectivity index (χ0) is 18.6. The van der Waals surface area contributed by atoms with Crippen LogP contribution in [-0.4, -0.2) is 35.6 Å². The standard InChI is InChI=1S/C23H25NO2S/c25-23(26)17-11-14-24(15-12-17)13-5-9-20-19-7-2-1-6-18(19)16-27-22-10-4-3-8-21(20)22/h1-4,6-10,17H,5,11-16H2,(H,25,26). The number of carboxylic acids is 1. The number of rotatable bonds is 4. The number of piperidine rings is 1. The van der Waals surface area contributed by atoms with Gasteiger partial charge in [0.25, 0.3) is 0 Å². The summed E-state index contributed by atoms with van der Waals surface area (Å²) in [5.74, 6) is 0.214. The first-order valence-electron chi connectivity index (χ1n) is 9.68. The highest BCUT2D eigenvalue weighted by atomic mass is 32.2. The van der Waals surface area contributed by atoms with Gasteiger partial charge in [-0.3, -0.25) is 4.79 Å². The number of fused-ring (bicyclic) bond motifs is 2. The minimum atomic E-state index is -0.638. The molecule has 2 aromatic carbocycles. The average Bonchev–Trinajstić information content (AvgIpc) is 2.86. The Kier molecular flexibility index (Phi) is 5.65. The van der Waals surface area contributed by atoms with Crippen molar-refractivity contribution in [1.82, 2.24) is 4.90 Å². The molecule has 0 unspecified atom stereocenters. The van der Waals surface area contributed by atoms with E-state index in [0.29, 0.717) is 0 Å². The summed E-state index contributed by atoms with van der Waals surface area (Å²) < 4.78 is 0. The van der Waals surface area contributed by atoms with Gasteiger partial charge in [-0.1, -0.05) is 48.5 Å². The molecule has 1 N–H and O–H groups in total. The smallest absolute Gasteiger partial charge is 0.306 e. The summed E-state index contributed by atoms with van der Waals surface area (Å²) in [7, 11) is 0. The maximum atomic E-state index is 11.1. The molecule has 2 heterocycles. The minimum absolute atomic E-state index is 0.155. The second kappa shape index (κ2) is 8.32. The highest BCUT2D eigenvalue weighted by Crippen LogP contribution is 2.40. The molecule has 2 aromatic rings. The zero-order valence-corrected chi connectivity index (χ0v) is 16.3. The maximum Gasteiger partial charge on any atom is 0.306 e. The number of aliphatic carboxylic acids is 1. The van der Waals surface area contributed by atoms with E-state index < -0.39 is 5.97 Å². The molecular weight excluding hydrogens is 354 g/mol. The molecule has 0 atom stereocenters. The molecule has 4 rings (SSSR count). The van der Waals surface area contributed by atoms with Crippen molar-refractivity contribution >= 4 is 23.3 Å². The number of carboxylic acid groups (broad SMARTS) is 1. The average molecular weight is 380 g/mol. The van der Waals surface area contributed by atoms with Crippen molar-refractivity contribution in [2.75, 3.05) is 19.6 Å². The van der Waals surface area contributed by atoms with Crippen molar-refractivity contribution in [3.8, 4) is 0 Å². The second-order valence-electron chi connectivity index (χ2n) is 7.30. The van der Waals surface area contributed by atoms with Crippen LogP contribution in [0.4, 0.5) is 0 Å². The first kappa shape index (κ1) is 18.3. The Morgan fingerprint density at radius 3 is 2.56 bits per heavy atom. The first-order valence-corrected chi connectivity index (χ1v) is 10.7. The predicted octanol–water partition coefficient (Wildman–Crippen LogP) is 4.91. The SMILES string of the molecule is O=C(O)C1CCN(CCC=C2c3ccccc3CSc3ccccc32)CC1. The molecule has 27 heavy (non-hydrogen) atoms. The van der Waals surface area contributed by atoms with Crippen LogP contribution in [0, 0.1) is 5.92 Å². The Balaban J connectivity index is 1.52. The molecule has 0 amide bonds. The summed E-state index contributed by atoms with van der Waals surface area (Å²) in [6.07, 6.45) is 4.91. The summed E-state index contributed by atoms with van der Waals surface area (Å²) in [6, 6.07) is 17.4. The molecule has 1 fully saturated rings. The van der Waals surface area contributed by atoms with Gasteiger partial charge in [-0.15, -0.1) is 11.8 Å². The van der Waals surface area contributed by atoms with Crippen LogP contribution in [0.5, 0.6) is 0 Å². The number of carbonyl (C=O) groups is 1. The second-order valence-corrected chi connectivity index (χ2v) is 8.32. The molecule has 0 bridgehead atoms. The normalized spacial score (nSPS) is 19.3. The van der Waals surface area contributed by atoms with Crippen LogP contribution < -0.4 is 0 Å². The molecule has 1 saturated heterocycles. The van der Waals surface area contributed by atoms with Gasteiger partial charge in [0.15, 0.2) is 0 Å². The van der Waals surface area contributed by atoms with Gasteiger partial charge in [0.2, 0.25) is 0 Å². The molecule has 2 aliphatic heterocycles. The van der Waals surface area contributed by atoms with Gasteiger partial charge in [-0.25, -0.2) is 0 Å². The van der Waals surface area contributed by atoms with Gasteiger partial charge in [0, 0.05) is 17.2 Å². The quantitative estimate of drug-likeness (QED) is 0.819. The molecule has 140 valence electrons. The minimum Gasteiger partial charge on any atom is -0.481 e. The molecular formula is C23H25NO2S. The molecule has 0 saturated carbocycles. The van der Waals surface area contributed by atoms with E-state index in [4.69, 9.17) is 5.11 Å². The fourth-order valence-corrected chi connectivity index (χ4v) is 5.11. The molecule has 0 aliphatic carbocycles. The molecule has 2 aliphatic rings. The molecule has 3 nitrogen and oxygen atoms in total. The van der Waals surface area contributed by atoms with Gasteiger partial charge < -0.3 is 10.0 Å². The fraction of sp³-hybridized carbons (Fsp3) is 0.348. The summed E-state index contributed by atoms with van der Waals surface area (Å²) in [4.78, 5) is 14.9. The predicted molar refractivity (Wildman–Crippen MR) is 111 cm³/mol. The Hall–Kier alpha value is -2.04. The van der Waals surface area contributed by atoms with E-state index in [0.717, 1.165) is 44.6 Å². The third-order valence-corrected chi connectivity index (χ3v) is 6.72. The lowest BCUT2D eigenvalue weighted by Crippen LogP contribution is -2.36. The van der Waals surface area contributed by atoms with Gasteiger partial charge >= 0.3 is 5.97 Å². The molecule has 0 aromatic heterocycles. The number of hydrogen-bond donors (Lipinski definition) is 1. The van der Waals surface area contributed by atoms with E-state index in [1.807, 2.05) is 11.8 Å². The lowest BCUT2D eigenvalue weighted by molar-refractivity contribution is -0.143. The maximum absolute atomic E-state index is 11.1. The lowest BCUT2D eigenvalue weighted by atomic mass is 9.93. The Labute approximate surface area is 165 Å². The molecule has 4 heteroatoms. The highest BCUT2D eigenvalue weighted by molar-refractivity contribution is 7.98. The van der Waals surface area contributed by atoms with E-state index >= 15 is 0 Å². The largest absolute Gasteiger partial charge is 0.481 e. The number of thioether (sulfide) groups is 1. The fourth-order valence-electron chi connectivity index (χ4n) is 4.04. The van der Waals surface area contributed by atoms with E-state index in [-0.39, 0.29) is 5.92 Å². The number of likely N-dealkylation sites (tertiary alicyclic amines) is 1. The van der Waals surface area contributed by atoms with Gasteiger partial charge in [-0.2, -0.15) is 0 Å². The van der Waals surface area contributed by atoms with Crippen LogP contribution in [0.3, 0.4) is 0 Å². The Bertz CT molecular complexity index is 803.